The Morgan fingerprint density at radius 1 is 0.935 bits per heavy atom. The molecule has 0 spiro atoms. The number of benzene rings is 3. The van der Waals surface area contributed by atoms with Crippen molar-refractivity contribution in [3.63, 3.8) is 0 Å². The number of nitrogens with one attached hydrogen (secondary N) is 1. The van der Waals surface area contributed by atoms with Crippen LogP contribution in [0.1, 0.15) is 64.9 Å². The van der Waals surface area contributed by atoms with Crippen LogP contribution in [0.5, 0.6) is 0 Å². The number of rotatable bonds is 8. The summed E-state index contributed by atoms with van der Waals surface area (Å²) in [5, 5.41) is 4.26. The molecule has 7 nitrogen and oxygen atoms in total. The van der Waals surface area contributed by atoms with E-state index in [2.05, 4.69) is 34.5 Å². The summed E-state index contributed by atoms with van der Waals surface area (Å²) in [7, 11) is 0. The lowest BCUT2D eigenvalue weighted by Crippen LogP contribution is -2.37. The molecule has 238 valence electrons. The minimum Gasteiger partial charge on any atom is -0.451 e. The van der Waals surface area contributed by atoms with E-state index in [1.54, 1.807) is 0 Å². The van der Waals surface area contributed by atoms with Crippen LogP contribution in [-0.4, -0.2) is 42.4 Å². The molecule has 1 atom stereocenters. The van der Waals surface area contributed by atoms with E-state index < -0.39 is 5.91 Å². The Morgan fingerprint density at radius 2 is 1.67 bits per heavy atom. The second-order valence-corrected chi connectivity index (χ2v) is 13.0. The summed E-state index contributed by atoms with van der Waals surface area (Å²) in [5.41, 5.74) is 6.83. The van der Waals surface area contributed by atoms with Crippen LogP contribution in [0.25, 0.3) is 11.0 Å². The molecule has 2 aliphatic heterocycles. The molecule has 6 rings (SSSR count). The number of aryl methyl sites for hydroxylation is 2. The Hall–Kier alpha value is -4.36. The van der Waals surface area contributed by atoms with Gasteiger partial charge in [0.2, 0.25) is 5.91 Å². The fourth-order valence-corrected chi connectivity index (χ4v) is 6.59. The molecule has 2 amide bonds. The quantitative estimate of drug-likeness (QED) is 0.208. The summed E-state index contributed by atoms with van der Waals surface area (Å²) in [5.74, 6) is -0.183. The molecule has 3 aromatic carbocycles. The number of para-hydroxylation sites is 1. The van der Waals surface area contributed by atoms with Crippen LogP contribution < -0.4 is 15.6 Å². The Labute approximate surface area is 274 Å². The van der Waals surface area contributed by atoms with E-state index in [4.69, 9.17) is 16.0 Å². The molecule has 2 saturated heterocycles. The number of hydrogen-bond donors (Lipinski definition) is 1. The van der Waals surface area contributed by atoms with Gasteiger partial charge in [0.25, 0.3) is 5.91 Å². The molecule has 0 bridgehead atoms. The second kappa shape index (κ2) is 14.0. The highest BCUT2D eigenvalue weighted by Crippen LogP contribution is 2.29. The van der Waals surface area contributed by atoms with Gasteiger partial charge in [-0.3, -0.25) is 14.4 Å². The highest BCUT2D eigenvalue weighted by atomic mass is 35.5. The Balaban J connectivity index is 1.19. The molecular weight excluding hydrogens is 598 g/mol. The number of halogens is 1. The van der Waals surface area contributed by atoms with Crippen molar-refractivity contribution in [2.45, 2.75) is 65.0 Å². The molecule has 0 radical (unpaired) electrons. The Morgan fingerprint density at radius 3 is 2.43 bits per heavy atom. The minimum absolute atomic E-state index is 0.00104. The molecule has 2 aliphatic rings. The highest BCUT2D eigenvalue weighted by Gasteiger charge is 2.23. The van der Waals surface area contributed by atoms with E-state index >= 15 is 0 Å². The molecule has 4 aromatic rings. The third kappa shape index (κ3) is 7.37. The van der Waals surface area contributed by atoms with E-state index in [0.29, 0.717) is 35.4 Å². The second-order valence-electron chi connectivity index (χ2n) is 12.5. The van der Waals surface area contributed by atoms with Gasteiger partial charge in [0.1, 0.15) is 5.58 Å². The standard InChI is InChI=1S/C38H40ClN3O4/c1-25-19-32-34(43)23-36(46-35(32)20-26(25)2)38(45)40-31(21-27-10-12-30(39)13-11-27)22-28-14-17-41(18-15-28)33-8-4-3-7-29(33)24-42-16-6-5-9-37(42)44/h3-4,7-8,10-13,19-20,22-23,31H,5-6,9,14-18,21,24H2,1-2H3,(H,40,45)/t31-/m1/s1. The average Bonchev–Trinajstić information content (AvgIpc) is 3.05. The van der Waals surface area contributed by atoms with E-state index in [1.807, 2.05) is 61.2 Å². The number of nitrogens with zero attached hydrogens (tertiary/aromatic N) is 2. The van der Waals surface area contributed by atoms with E-state index in [9.17, 15) is 14.4 Å². The van der Waals surface area contributed by atoms with Crippen LogP contribution in [0.4, 0.5) is 5.69 Å². The molecule has 1 aromatic heterocycles. The third-order valence-electron chi connectivity index (χ3n) is 9.21. The van der Waals surface area contributed by atoms with Gasteiger partial charge in [0.05, 0.1) is 11.4 Å². The smallest absolute Gasteiger partial charge is 0.287 e. The topological polar surface area (TPSA) is 82.9 Å². The molecule has 0 aliphatic carbocycles. The van der Waals surface area contributed by atoms with Gasteiger partial charge in [0, 0.05) is 49.4 Å². The summed E-state index contributed by atoms with van der Waals surface area (Å²) in [6.07, 6.45) is 7.12. The monoisotopic (exact) mass is 637 g/mol. The first-order chi connectivity index (χ1) is 22.2. The van der Waals surface area contributed by atoms with Crippen molar-refractivity contribution in [1.29, 1.82) is 0 Å². The zero-order chi connectivity index (χ0) is 32.2. The van der Waals surface area contributed by atoms with Gasteiger partial charge in [-0.05, 0) is 98.5 Å². The van der Waals surface area contributed by atoms with Crippen LogP contribution in [0.15, 0.2) is 87.6 Å². The van der Waals surface area contributed by atoms with Crippen molar-refractivity contribution >= 4 is 40.1 Å². The molecule has 3 heterocycles. The normalized spacial score (nSPS) is 16.1. The molecule has 46 heavy (non-hydrogen) atoms. The van der Waals surface area contributed by atoms with Gasteiger partial charge in [-0.25, -0.2) is 0 Å². The summed E-state index contributed by atoms with van der Waals surface area (Å²) >= 11 is 6.14. The number of amides is 2. The van der Waals surface area contributed by atoms with Crippen molar-refractivity contribution in [1.82, 2.24) is 10.2 Å². The van der Waals surface area contributed by atoms with Gasteiger partial charge in [0.15, 0.2) is 11.2 Å². The summed E-state index contributed by atoms with van der Waals surface area (Å²) in [4.78, 5) is 43.3. The van der Waals surface area contributed by atoms with Crippen molar-refractivity contribution < 1.29 is 14.0 Å². The number of fused-ring (bicyclic) bond motifs is 1. The first-order valence-electron chi connectivity index (χ1n) is 16.1. The third-order valence-corrected chi connectivity index (χ3v) is 9.46. The van der Waals surface area contributed by atoms with Crippen LogP contribution in [0, 0.1) is 13.8 Å². The maximum atomic E-state index is 13.5. The van der Waals surface area contributed by atoms with E-state index in [1.165, 1.54) is 22.9 Å². The average molecular weight is 638 g/mol. The number of carbonyl (C=O) groups is 2. The Kier molecular flexibility index (Phi) is 9.59. The molecular formula is C38H40ClN3O4. The van der Waals surface area contributed by atoms with Gasteiger partial charge in [-0.2, -0.15) is 0 Å². The number of anilines is 1. The lowest BCUT2D eigenvalue weighted by atomic mass is 9.97. The maximum Gasteiger partial charge on any atom is 0.287 e. The number of hydrogen-bond acceptors (Lipinski definition) is 5. The van der Waals surface area contributed by atoms with Crippen LogP contribution in [0.2, 0.25) is 5.02 Å². The van der Waals surface area contributed by atoms with E-state index in [-0.39, 0.29) is 23.1 Å². The lowest BCUT2D eigenvalue weighted by molar-refractivity contribution is -0.133. The first kappa shape index (κ1) is 31.6. The number of piperidine rings is 2. The molecule has 1 N–H and O–H groups in total. The van der Waals surface area contributed by atoms with Crippen molar-refractivity contribution in [2.24, 2.45) is 0 Å². The SMILES string of the molecule is Cc1cc2oc(C(=O)N[C@@H](C=C3CCN(c4ccccc4CN4CCCCC4=O)CC3)Cc3ccc(Cl)cc3)cc(=O)c2cc1C. The number of likely N-dealkylation sites (tertiary alicyclic amines) is 1. The molecule has 8 heteroatoms. The van der Waals surface area contributed by atoms with Crippen LogP contribution in [-0.2, 0) is 17.8 Å². The fourth-order valence-electron chi connectivity index (χ4n) is 6.46. The summed E-state index contributed by atoms with van der Waals surface area (Å²) in [6.45, 7) is 7.06. The van der Waals surface area contributed by atoms with Crippen molar-refractivity contribution in [2.75, 3.05) is 24.5 Å². The van der Waals surface area contributed by atoms with Crippen molar-refractivity contribution in [3.8, 4) is 0 Å². The van der Waals surface area contributed by atoms with Gasteiger partial charge in [-0.15, -0.1) is 0 Å². The summed E-state index contributed by atoms with van der Waals surface area (Å²) in [6, 6.07) is 20.6. The van der Waals surface area contributed by atoms with Crippen LogP contribution in [0.3, 0.4) is 0 Å². The Bertz CT molecular complexity index is 1840. The first-order valence-corrected chi connectivity index (χ1v) is 16.5. The lowest BCUT2D eigenvalue weighted by Gasteiger charge is -2.34. The van der Waals surface area contributed by atoms with Gasteiger partial charge < -0.3 is 19.5 Å². The maximum absolute atomic E-state index is 13.5. The molecule has 0 unspecified atom stereocenters. The van der Waals surface area contributed by atoms with Crippen molar-refractivity contribution in [3.05, 3.63) is 122 Å². The zero-order valence-corrected chi connectivity index (χ0v) is 27.2. The minimum atomic E-state index is -0.424. The predicted octanol–water partition coefficient (Wildman–Crippen LogP) is 7.14. The largest absolute Gasteiger partial charge is 0.451 e. The van der Waals surface area contributed by atoms with Gasteiger partial charge >= 0.3 is 0 Å². The number of carbonyl (C=O) groups excluding carboxylic acids is 2. The van der Waals surface area contributed by atoms with E-state index in [0.717, 1.165) is 62.0 Å². The zero-order valence-electron chi connectivity index (χ0n) is 26.5. The summed E-state index contributed by atoms with van der Waals surface area (Å²) < 4.78 is 5.95. The highest BCUT2D eigenvalue weighted by molar-refractivity contribution is 6.30. The van der Waals surface area contributed by atoms with Crippen LogP contribution >= 0.6 is 11.6 Å². The predicted molar refractivity (Wildman–Crippen MR) is 184 cm³/mol. The van der Waals surface area contributed by atoms with Gasteiger partial charge in [-0.1, -0.05) is 53.6 Å². The fraction of sp³-hybridized carbons (Fsp3) is 0.342. The molecule has 0 saturated carbocycles. The molecule has 2 fully saturated rings.